The predicted octanol–water partition coefficient (Wildman–Crippen LogP) is 5.54. The van der Waals surface area contributed by atoms with Crippen LogP contribution >= 0.6 is 15.9 Å². The molecule has 0 aliphatic heterocycles. The van der Waals surface area contributed by atoms with Crippen molar-refractivity contribution in [2.75, 3.05) is 7.11 Å². The van der Waals surface area contributed by atoms with Crippen LogP contribution in [0.4, 0.5) is 0 Å². The van der Waals surface area contributed by atoms with Crippen molar-refractivity contribution in [2.24, 2.45) is 0 Å². The van der Waals surface area contributed by atoms with E-state index in [9.17, 15) is 4.79 Å². The van der Waals surface area contributed by atoms with Gasteiger partial charge in [0.25, 0.3) is 0 Å². The molecule has 0 heterocycles. The topological polar surface area (TPSA) is 35.5 Å². The number of fused-ring (bicyclic) bond motifs is 1. The molecule has 0 fully saturated rings. The Hall–Kier alpha value is -2.59. The molecular weight excluding hydrogens is 380 g/mol. The second-order valence-electron chi connectivity index (χ2n) is 5.65. The maximum absolute atomic E-state index is 12.1. The third kappa shape index (κ3) is 4.28. The van der Waals surface area contributed by atoms with Crippen LogP contribution in [0, 0.1) is 6.92 Å². The van der Waals surface area contributed by atoms with E-state index in [0.717, 1.165) is 26.4 Å². The lowest BCUT2D eigenvalue weighted by Crippen LogP contribution is -2.03. The first-order chi connectivity index (χ1) is 12.0. The summed E-state index contributed by atoms with van der Waals surface area (Å²) in [4.78, 5) is 12.1. The van der Waals surface area contributed by atoms with Gasteiger partial charge in [-0.15, -0.1) is 0 Å². The summed E-state index contributed by atoms with van der Waals surface area (Å²) in [5, 5.41) is 2.09. The smallest absolute Gasteiger partial charge is 0.336 e. The lowest BCUT2D eigenvalue weighted by molar-refractivity contribution is -0.128. The van der Waals surface area contributed by atoms with Crippen LogP contribution in [0.2, 0.25) is 0 Å². The molecule has 25 heavy (non-hydrogen) atoms. The lowest BCUT2D eigenvalue weighted by atomic mass is 10.1. The molecule has 0 saturated carbocycles. The molecule has 0 amide bonds. The van der Waals surface area contributed by atoms with E-state index in [1.807, 2.05) is 55.5 Å². The summed E-state index contributed by atoms with van der Waals surface area (Å²) in [6, 6.07) is 17.3. The second-order valence-corrected chi connectivity index (χ2v) is 6.57. The number of methoxy groups -OCH3 is 1. The number of hydrogen-bond acceptors (Lipinski definition) is 3. The van der Waals surface area contributed by atoms with Crippen molar-refractivity contribution < 1.29 is 14.3 Å². The zero-order chi connectivity index (χ0) is 17.8. The first kappa shape index (κ1) is 17.2. The number of esters is 1. The molecule has 0 spiro atoms. The quantitative estimate of drug-likeness (QED) is 0.330. The monoisotopic (exact) mass is 396 g/mol. The SMILES string of the molecule is COc1ccc(C)cc1/C=C/C(=O)Oc1ccc2cc(Br)ccc2c1. The average Bonchev–Trinajstić information content (AvgIpc) is 2.60. The number of carbonyl (C=O) groups excluding carboxylic acids is 1. The molecule has 126 valence electrons. The first-order valence-electron chi connectivity index (χ1n) is 7.79. The first-order valence-corrected chi connectivity index (χ1v) is 8.58. The Morgan fingerprint density at radius 2 is 1.76 bits per heavy atom. The number of ether oxygens (including phenoxy) is 2. The van der Waals surface area contributed by atoms with Crippen LogP contribution in [0.5, 0.6) is 11.5 Å². The third-order valence-electron chi connectivity index (χ3n) is 3.78. The largest absolute Gasteiger partial charge is 0.496 e. The fourth-order valence-electron chi connectivity index (χ4n) is 2.55. The van der Waals surface area contributed by atoms with Crippen LogP contribution in [0.3, 0.4) is 0 Å². The number of rotatable bonds is 4. The van der Waals surface area contributed by atoms with E-state index in [0.29, 0.717) is 11.5 Å². The van der Waals surface area contributed by atoms with Gasteiger partial charge in [-0.1, -0.05) is 39.7 Å². The maximum atomic E-state index is 12.1. The van der Waals surface area contributed by atoms with Gasteiger partial charge >= 0.3 is 5.97 Å². The Bertz CT molecular complexity index is 961. The fraction of sp³-hybridized carbons (Fsp3) is 0.0952. The van der Waals surface area contributed by atoms with Crippen LogP contribution in [0.15, 0.2) is 65.1 Å². The Balaban J connectivity index is 1.76. The lowest BCUT2D eigenvalue weighted by Gasteiger charge is -2.06. The second kappa shape index (κ2) is 7.53. The minimum atomic E-state index is -0.431. The van der Waals surface area contributed by atoms with Crippen molar-refractivity contribution in [3.63, 3.8) is 0 Å². The molecule has 0 aromatic heterocycles. The van der Waals surface area contributed by atoms with Gasteiger partial charge in [-0.25, -0.2) is 4.79 Å². The summed E-state index contributed by atoms with van der Waals surface area (Å²) in [6.07, 6.45) is 3.11. The van der Waals surface area contributed by atoms with Gasteiger partial charge in [-0.3, -0.25) is 0 Å². The Morgan fingerprint density at radius 3 is 2.56 bits per heavy atom. The predicted molar refractivity (Wildman–Crippen MR) is 104 cm³/mol. The normalized spacial score (nSPS) is 11.0. The van der Waals surface area contributed by atoms with E-state index in [4.69, 9.17) is 9.47 Å². The number of benzene rings is 3. The van der Waals surface area contributed by atoms with Gasteiger partial charge in [-0.05, 0) is 60.2 Å². The van der Waals surface area contributed by atoms with Crippen LogP contribution in [-0.2, 0) is 4.79 Å². The number of halogens is 1. The van der Waals surface area contributed by atoms with E-state index < -0.39 is 5.97 Å². The van der Waals surface area contributed by atoms with E-state index in [-0.39, 0.29) is 0 Å². The summed E-state index contributed by atoms with van der Waals surface area (Å²) in [5.74, 6) is 0.798. The van der Waals surface area contributed by atoms with Gasteiger partial charge in [-0.2, -0.15) is 0 Å². The summed E-state index contributed by atoms with van der Waals surface area (Å²) >= 11 is 3.45. The summed E-state index contributed by atoms with van der Waals surface area (Å²) in [6.45, 7) is 1.99. The molecule has 0 atom stereocenters. The van der Waals surface area contributed by atoms with Gasteiger partial charge in [0.15, 0.2) is 0 Å². The van der Waals surface area contributed by atoms with Crippen LogP contribution < -0.4 is 9.47 Å². The number of carbonyl (C=O) groups is 1. The Morgan fingerprint density at radius 1 is 1.00 bits per heavy atom. The zero-order valence-electron chi connectivity index (χ0n) is 14.0. The minimum Gasteiger partial charge on any atom is -0.496 e. The minimum absolute atomic E-state index is 0.431. The summed E-state index contributed by atoms with van der Waals surface area (Å²) < 4.78 is 11.7. The molecule has 3 aromatic rings. The van der Waals surface area contributed by atoms with Crippen molar-refractivity contribution >= 4 is 38.7 Å². The number of hydrogen-bond donors (Lipinski definition) is 0. The molecule has 0 N–H and O–H groups in total. The molecular formula is C21H17BrO3. The highest BCUT2D eigenvalue weighted by Crippen LogP contribution is 2.25. The van der Waals surface area contributed by atoms with E-state index in [2.05, 4.69) is 15.9 Å². The Kier molecular flexibility index (Phi) is 5.19. The highest BCUT2D eigenvalue weighted by Gasteiger charge is 2.04. The van der Waals surface area contributed by atoms with Crippen molar-refractivity contribution in [3.8, 4) is 11.5 Å². The highest BCUT2D eigenvalue weighted by molar-refractivity contribution is 9.10. The van der Waals surface area contributed by atoms with Gasteiger partial charge in [0.05, 0.1) is 7.11 Å². The molecule has 3 aromatic carbocycles. The van der Waals surface area contributed by atoms with Gasteiger partial charge in [0, 0.05) is 16.1 Å². The summed E-state index contributed by atoms with van der Waals surface area (Å²) in [5.41, 5.74) is 1.93. The molecule has 3 rings (SSSR count). The zero-order valence-corrected chi connectivity index (χ0v) is 15.5. The van der Waals surface area contributed by atoms with Gasteiger partial charge in [0.1, 0.15) is 11.5 Å². The molecule has 0 radical (unpaired) electrons. The van der Waals surface area contributed by atoms with Gasteiger partial charge in [0.2, 0.25) is 0 Å². The average molecular weight is 397 g/mol. The van der Waals surface area contributed by atoms with Gasteiger partial charge < -0.3 is 9.47 Å². The van der Waals surface area contributed by atoms with Crippen molar-refractivity contribution in [1.29, 1.82) is 0 Å². The van der Waals surface area contributed by atoms with E-state index >= 15 is 0 Å². The van der Waals surface area contributed by atoms with Crippen LogP contribution in [0.1, 0.15) is 11.1 Å². The molecule has 0 aliphatic carbocycles. The van der Waals surface area contributed by atoms with Crippen LogP contribution in [0.25, 0.3) is 16.8 Å². The van der Waals surface area contributed by atoms with Crippen molar-refractivity contribution in [3.05, 3.63) is 76.3 Å². The van der Waals surface area contributed by atoms with Crippen LogP contribution in [-0.4, -0.2) is 13.1 Å². The third-order valence-corrected chi connectivity index (χ3v) is 4.27. The van der Waals surface area contributed by atoms with Crippen molar-refractivity contribution in [2.45, 2.75) is 6.92 Å². The highest BCUT2D eigenvalue weighted by atomic mass is 79.9. The van der Waals surface area contributed by atoms with Crippen molar-refractivity contribution in [1.82, 2.24) is 0 Å². The molecule has 4 heteroatoms. The van der Waals surface area contributed by atoms with E-state index in [1.165, 1.54) is 6.08 Å². The standard InChI is InChI=1S/C21H17BrO3/c1-14-3-9-20(24-2)17(11-14)6-10-21(23)25-19-8-5-15-12-18(22)7-4-16(15)13-19/h3-13H,1-2H3/b10-6+. The Labute approximate surface area is 155 Å². The fourth-order valence-corrected chi connectivity index (χ4v) is 2.93. The number of aryl methyl sites for hydroxylation is 1. The summed E-state index contributed by atoms with van der Waals surface area (Å²) in [7, 11) is 1.60. The molecule has 0 unspecified atom stereocenters. The molecule has 0 saturated heterocycles. The molecule has 0 bridgehead atoms. The maximum Gasteiger partial charge on any atom is 0.336 e. The molecule has 3 nitrogen and oxygen atoms in total. The molecule has 0 aliphatic rings. The van der Waals surface area contributed by atoms with E-state index in [1.54, 1.807) is 19.3 Å².